The molecule has 1 aliphatic rings. The molecule has 0 spiro atoms. The molecule has 210 valence electrons. The van der Waals surface area contributed by atoms with Crippen molar-refractivity contribution in [3.05, 3.63) is 114 Å². The number of fused-ring (bicyclic) bond motifs is 9. The highest BCUT2D eigenvalue weighted by Crippen LogP contribution is 2.39. The second-order valence-electron chi connectivity index (χ2n) is 12.5. The molecule has 0 atom stereocenters. The molecule has 0 amide bonds. The number of rotatable bonds is 4. The van der Waals surface area contributed by atoms with Crippen molar-refractivity contribution < 1.29 is 4.42 Å². The van der Waals surface area contributed by atoms with Gasteiger partial charge in [0.2, 0.25) is 0 Å². The van der Waals surface area contributed by atoms with Crippen molar-refractivity contribution in [2.45, 2.75) is 52.4 Å². The van der Waals surface area contributed by atoms with Gasteiger partial charge in [0.15, 0.2) is 0 Å². The molecule has 7 aromatic rings. The van der Waals surface area contributed by atoms with Gasteiger partial charge in [0.1, 0.15) is 11.3 Å². The summed E-state index contributed by atoms with van der Waals surface area (Å²) >= 11 is 0. The van der Waals surface area contributed by atoms with Crippen LogP contribution in [0, 0.1) is 0 Å². The van der Waals surface area contributed by atoms with Crippen molar-refractivity contribution in [2.24, 2.45) is 0 Å². The van der Waals surface area contributed by atoms with Crippen molar-refractivity contribution >= 4 is 49.6 Å². The first-order chi connectivity index (χ1) is 21.0. The molecule has 0 fully saturated rings. The van der Waals surface area contributed by atoms with Crippen LogP contribution in [0.4, 0.5) is 0 Å². The summed E-state index contributed by atoms with van der Waals surface area (Å²) in [4.78, 5) is 10.5. The van der Waals surface area contributed by atoms with Crippen LogP contribution in [0.1, 0.15) is 68.4 Å². The van der Waals surface area contributed by atoms with Crippen LogP contribution in [0.2, 0.25) is 0 Å². The average Bonchev–Trinajstić information content (AvgIpc) is 3.43. The van der Waals surface area contributed by atoms with Crippen LogP contribution < -0.4 is 0 Å². The maximum atomic E-state index is 6.41. The lowest BCUT2D eigenvalue weighted by molar-refractivity contribution is 0.596. The van der Waals surface area contributed by atoms with Crippen molar-refractivity contribution in [1.29, 1.82) is 0 Å². The Bertz CT molecular complexity index is 2250. The summed E-state index contributed by atoms with van der Waals surface area (Å²) < 4.78 is 6.41. The van der Waals surface area contributed by atoms with Crippen molar-refractivity contribution in [1.82, 2.24) is 9.97 Å². The second kappa shape index (κ2) is 9.91. The minimum Gasteiger partial charge on any atom is -0.456 e. The Labute approximate surface area is 251 Å². The van der Waals surface area contributed by atoms with Gasteiger partial charge in [0.05, 0.1) is 22.9 Å². The molecule has 2 heterocycles. The molecule has 0 radical (unpaired) electrons. The van der Waals surface area contributed by atoms with E-state index in [0.717, 1.165) is 63.0 Å². The van der Waals surface area contributed by atoms with E-state index >= 15 is 0 Å². The Kier molecular flexibility index (Phi) is 5.97. The third kappa shape index (κ3) is 4.18. The van der Waals surface area contributed by atoms with Gasteiger partial charge < -0.3 is 4.42 Å². The topological polar surface area (TPSA) is 38.9 Å². The standard InChI is InChI=1S/C40H34N2O/c1-23(2)25-15-17-30-31-18-16-26(24(3)4)21-35(31)39-38(34(30)20-25)41-22-36(42-39)28-10-7-9-27(19-28)29-12-8-13-33-32-11-5-6-14-37(32)43-40(29)33/h6-10,12-24H,5,11H2,1-4H3. The summed E-state index contributed by atoms with van der Waals surface area (Å²) in [5, 5.41) is 6.00. The van der Waals surface area contributed by atoms with E-state index in [1.165, 1.54) is 38.2 Å². The Morgan fingerprint density at radius 1 is 0.674 bits per heavy atom. The van der Waals surface area contributed by atoms with Gasteiger partial charge in [0.25, 0.3) is 0 Å². The average molecular weight is 559 g/mol. The van der Waals surface area contributed by atoms with Gasteiger partial charge in [-0.3, -0.25) is 4.98 Å². The summed E-state index contributed by atoms with van der Waals surface area (Å²) in [5.74, 6) is 1.86. The Hall–Kier alpha value is -4.76. The first-order valence-electron chi connectivity index (χ1n) is 15.4. The van der Waals surface area contributed by atoms with E-state index in [1.807, 2.05) is 6.20 Å². The van der Waals surface area contributed by atoms with Gasteiger partial charge in [0, 0.05) is 32.8 Å². The number of allylic oxidation sites excluding steroid dienone is 1. The molecule has 2 aromatic heterocycles. The minimum absolute atomic E-state index is 0.428. The van der Waals surface area contributed by atoms with Crippen LogP contribution in [0.5, 0.6) is 0 Å². The van der Waals surface area contributed by atoms with Gasteiger partial charge >= 0.3 is 0 Å². The highest BCUT2D eigenvalue weighted by atomic mass is 16.3. The molecule has 5 aromatic carbocycles. The lowest BCUT2D eigenvalue weighted by atomic mass is 9.92. The summed E-state index contributed by atoms with van der Waals surface area (Å²) in [6.45, 7) is 8.97. The summed E-state index contributed by atoms with van der Waals surface area (Å²) in [6.07, 6.45) is 8.34. The number of benzene rings is 5. The van der Waals surface area contributed by atoms with E-state index < -0.39 is 0 Å². The fraction of sp³-hybridized carbons (Fsp3) is 0.200. The van der Waals surface area contributed by atoms with Crippen LogP contribution >= 0.6 is 0 Å². The van der Waals surface area contributed by atoms with Crippen LogP contribution in [0.25, 0.3) is 72.0 Å². The first-order valence-corrected chi connectivity index (χ1v) is 15.4. The predicted molar refractivity (Wildman–Crippen MR) is 181 cm³/mol. The van der Waals surface area contributed by atoms with Crippen LogP contribution in [0.3, 0.4) is 0 Å². The van der Waals surface area contributed by atoms with Crippen LogP contribution in [0.15, 0.2) is 95.6 Å². The number of nitrogens with zero attached hydrogens (tertiary/aromatic N) is 2. The number of furan rings is 1. The van der Waals surface area contributed by atoms with Crippen molar-refractivity contribution in [3.63, 3.8) is 0 Å². The van der Waals surface area contributed by atoms with Gasteiger partial charge in [-0.1, -0.05) is 94.4 Å². The van der Waals surface area contributed by atoms with E-state index in [2.05, 4.69) is 119 Å². The van der Waals surface area contributed by atoms with E-state index in [0.29, 0.717) is 11.8 Å². The number of para-hydroxylation sites is 1. The molecule has 0 unspecified atom stereocenters. The molecular weight excluding hydrogens is 524 g/mol. The molecule has 0 aliphatic heterocycles. The SMILES string of the molecule is CC(C)c1ccc2c3ccc(C(C)C)cc3c3nc(-c4cccc(-c5cccc6c7c(oc56)C=CCC7)c4)cnc3c2c1. The monoisotopic (exact) mass is 558 g/mol. The zero-order valence-electron chi connectivity index (χ0n) is 25.1. The maximum Gasteiger partial charge on any atom is 0.142 e. The van der Waals surface area contributed by atoms with Gasteiger partial charge in [-0.15, -0.1) is 0 Å². The zero-order chi connectivity index (χ0) is 29.2. The Morgan fingerprint density at radius 3 is 2.12 bits per heavy atom. The summed E-state index contributed by atoms with van der Waals surface area (Å²) in [7, 11) is 0. The number of hydrogen-bond donors (Lipinski definition) is 0. The summed E-state index contributed by atoms with van der Waals surface area (Å²) in [6, 6.07) is 28.8. The smallest absolute Gasteiger partial charge is 0.142 e. The highest BCUT2D eigenvalue weighted by Gasteiger charge is 2.19. The quantitative estimate of drug-likeness (QED) is 0.202. The van der Waals surface area contributed by atoms with Gasteiger partial charge in [-0.25, -0.2) is 4.98 Å². The maximum absolute atomic E-state index is 6.41. The third-order valence-corrected chi connectivity index (χ3v) is 9.14. The fourth-order valence-corrected chi connectivity index (χ4v) is 6.69. The predicted octanol–water partition coefficient (Wildman–Crippen LogP) is 11.2. The van der Waals surface area contributed by atoms with Crippen molar-refractivity contribution in [3.8, 4) is 22.4 Å². The third-order valence-electron chi connectivity index (χ3n) is 9.14. The molecule has 0 saturated heterocycles. The fourth-order valence-electron chi connectivity index (χ4n) is 6.69. The lowest BCUT2D eigenvalue weighted by Crippen LogP contribution is -1.95. The molecule has 8 rings (SSSR count). The molecule has 0 saturated carbocycles. The molecule has 3 nitrogen and oxygen atoms in total. The Balaban J connectivity index is 1.34. The lowest BCUT2D eigenvalue weighted by Gasteiger charge is -2.15. The van der Waals surface area contributed by atoms with E-state index in [4.69, 9.17) is 14.4 Å². The largest absolute Gasteiger partial charge is 0.456 e. The second-order valence-corrected chi connectivity index (χ2v) is 12.5. The molecule has 0 bridgehead atoms. The van der Waals surface area contributed by atoms with Crippen molar-refractivity contribution in [2.75, 3.05) is 0 Å². The highest BCUT2D eigenvalue weighted by molar-refractivity contribution is 6.23. The molecule has 0 N–H and O–H groups in total. The number of hydrogen-bond acceptors (Lipinski definition) is 3. The zero-order valence-corrected chi connectivity index (χ0v) is 25.1. The minimum atomic E-state index is 0.428. The number of aryl methyl sites for hydroxylation is 1. The summed E-state index contributed by atoms with van der Waals surface area (Å²) in [5.41, 5.74) is 11.0. The molecule has 1 aliphatic carbocycles. The van der Waals surface area contributed by atoms with Crippen LogP contribution in [-0.4, -0.2) is 9.97 Å². The first kappa shape index (κ1) is 25.9. The molecule has 3 heteroatoms. The van der Waals surface area contributed by atoms with Gasteiger partial charge in [-0.05, 0) is 76.4 Å². The molecular formula is C40H34N2O. The van der Waals surface area contributed by atoms with E-state index in [9.17, 15) is 0 Å². The van der Waals surface area contributed by atoms with E-state index in [-0.39, 0.29) is 0 Å². The Morgan fingerprint density at radius 2 is 1.37 bits per heavy atom. The van der Waals surface area contributed by atoms with Gasteiger partial charge in [-0.2, -0.15) is 0 Å². The normalized spacial score (nSPS) is 13.3. The van der Waals surface area contributed by atoms with Crippen LogP contribution in [-0.2, 0) is 6.42 Å². The number of aromatic nitrogens is 2. The van der Waals surface area contributed by atoms with E-state index in [1.54, 1.807) is 0 Å². The molecule has 43 heavy (non-hydrogen) atoms.